The van der Waals surface area contributed by atoms with Gasteiger partial charge in [-0.1, -0.05) is 73.5 Å². The number of rotatable bonds is 12. The van der Waals surface area contributed by atoms with Crippen LogP contribution in [0, 0.1) is 10.8 Å². The van der Waals surface area contributed by atoms with Crippen LogP contribution < -0.4 is 5.73 Å². The zero-order chi connectivity index (χ0) is 31.5. The monoisotopic (exact) mass is 605 g/mol. The fourth-order valence-corrected chi connectivity index (χ4v) is 6.39. The average Bonchev–Trinajstić information content (AvgIpc) is 3.04. The lowest BCUT2D eigenvalue weighted by Gasteiger charge is -2.42. The molecular weight excluding hydrogens is 562 g/mol. The summed E-state index contributed by atoms with van der Waals surface area (Å²) in [6.07, 6.45) is 17.6. The maximum Gasteiger partial charge on any atom is 0.341 e. The van der Waals surface area contributed by atoms with Gasteiger partial charge in [-0.05, 0) is 67.4 Å². The smallest absolute Gasteiger partial charge is 0.341 e. The normalized spacial score (nSPS) is 15.9. The highest BCUT2D eigenvalue weighted by molar-refractivity contribution is 5.96. The standard InChI is InChI=1S/C19H22N2O2.C18H21N3O/c1-2-23-18(22)16-13-20-17(21-14-16)12-19(9-6-10-19)11-15-7-4-3-5-8-15;19-11-16(22)15-12-20-17(21-13-15)10-18(7-4-8-18)9-14-5-2-1-3-6-14/h3-5,7-8,13-14H,2,6,9-12H2,1H3;1-3,5-6,12-13H,4,7-11,19H2. The summed E-state index contributed by atoms with van der Waals surface area (Å²) in [7, 11) is 0. The number of carbonyl (C=O) groups is 2. The Balaban J connectivity index is 0.000000178. The minimum atomic E-state index is -0.360. The molecule has 0 spiro atoms. The van der Waals surface area contributed by atoms with Crippen molar-refractivity contribution >= 4 is 11.8 Å². The van der Waals surface area contributed by atoms with E-state index in [1.807, 2.05) is 12.1 Å². The number of Topliss-reactive ketones (excluding diaryl/α,β-unsaturated/α-hetero) is 1. The molecule has 2 aliphatic rings. The van der Waals surface area contributed by atoms with E-state index in [-0.39, 0.29) is 29.1 Å². The summed E-state index contributed by atoms with van der Waals surface area (Å²) in [5.74, 6) is 1.16. The van der Waals surface area contributed by atoms with Crippen molar-refractivity contribution in [2.45, 2.75) is 71.1 Å². The summed E-state index contributed by atoms with van der Waals surface area (Å²) >= 11 is 0. The van der Waals surface area contributed by atoms with E-state index < -0.39 is 0 Å². The van der Waals surface area contributed by atoms with Crippen LogP contribution in [0.4, 0.5) is 0 Å². The van der Waals surface area contributed by atoms with Gasteiger partial charge >= 0.3 is 5.97 Å². The fourth-order valence-electron chi connectivity index (χ4n) is 6.39. The number of hydrogen-bond donors (Lipinski definition) is 1. The van der Waals surface area contributed by atoms with E-state index >= 15 is 0 Å². The van der Waals surface area contributed by atoms with Crippen molar-refractivity contribution in [3.05, 3.63) is 119 Å². The summed E-state index contributed by atoms with van der Waals surface area (Å²) in [5.41, 5.74) is 9.56. The van der Waals surface area contributed by atoms with Gasteiger partial charge in [-0.15, -0.1) is 0 Å². The summed E-state index contributed by atoms with van der Waals surface area (Å²) < 4.78 is 4.96. The van der Waals surface area contributed by atoms with Crippen molar-refractivity contribution in [1.29, 1.82) is 0 Å². The molecule has 2 aliphatic carbocycles. The van der Waals surface area contributed by atoms with E-state index in [4.69, 9.17) is 10.5 Å². The minimum Gasteiger partial charge on any atom is -0.462 e. The second-order valence-electron chi connectivity index (χ2n) is 12.5. The number of nitrogens with zero attached hydrogens (tertiary/aromatic N) is 4. The summed E-state index contributed by atoms with van der Waals surface area (Å²) in [6.45, 7) is 2.15. The minimum absolute atomic E-state index is 0.000646. The molecule has 4 aromatic rings. The summed E-state index contributed by atoms with van der Waals surface area (Å²) in [6, 6.07) is 21.2. The molecule has 0 bridgehead atoms. The van der Waals surface area contributed by atoms with E-state index in [1.165, 1.54) is 49.7 Å². The second-order valence-corrected chi connectivity index (χ2v) is 12.5. The number of ketones is 1. The maximum absolute atomic E-state index is 11.6. The molecular formula is C37H43N5O3. The van der Waals surface area contributed by atoms with E-state index in [1.54, 1.807) is 31.7 Å². The Morgan fingerprint density at radius 3 is 1.44 bits per heavy atom. The van der Waals surface area contributed by atoms with Gasteiger partial charge in [0.25, 0.3) is 0 Å². The number of nitrogens with two attached hydrogens (primary N) is 1. The molecule has 0 radical (unpaired) electrons. The first kappa shape index (κ1) is 32.1. The van der Waals surface area contributed by atoms with E-state index in [2.05, 4.69) is 68.5 Å². The van der Waals surface area contributed by atoms with Gasteiger partial charge in [-0.2, -0.15) is 0 Å². The third-order valence-corrected chi connectivity index (χ3v) is 9.17. The lowest BCUT2D eigenvalue weighted by Crippen LogP contribution is -2.34. The Morgan fingerprint density at radius 2 is 1.09 bits per heavy atom. The molecule has 2 aromatic carbocycles. The molecule has 2 heterocycles. The number of hydrogen-bond acceptors (Lipinski definition) is 8. The van der Waals surface area contributed by atoms with Crippen molar-refractivity contribution in [1.82, 2.24) is 19.9 Å². The second kappa shape index (κ2) is 15.1. The molecule has 0 saturated heterocycles. The average molecular weight is 606 g/mol. The van der Waals surface area contributed by atoms with Gasteiger partial charge in [0.1, 0.15) is 11.6 Å². The van der Waals surface area contributed by atoms with Crippen molar-refractivity contribution in [3.63, 3.8) is 0 Å². The van der Waals surface area contributed by atoms with Gasteiger partial charge in [0.05, 0.1) is 24.3 Å². The molecule has 45 heavy (non-hydrogen) atoms. The number of carbonyl (C=O) groups excluding carboxylic acids is 2. The number of ether oxygens (including phenoxy) is 1. The Kier molecular flexibility index (Phi) is 10.8. The maximum atomic E-state index is 11.6. The Morgan fingerprint density at radius 1 is 0.667 bits per heavy atom. The van der Waals surface area contributed by atoms with Crippen LogP contribution in [-0.2, 0) is 30.4 Å². The largest absolute Gasteiger partial charge is 0.462 e. The Bertz CT molecular complexity index is 1520. The molecule has 234 valence electrons. The highest BCUT2D eigenvalue weighted by Crippen LogP contribution is 2.46. The molecule has 2 aromatic heterocycles. The van der Waals surface area contributed by atoms with Crippen LogP contribution in [0.25, 0.3) is 0 Å². The van der Waals surface area contributed by atoms with Crippen molar-refractivity contribution in [3.8, 4) is 0 Å². The lowest BCUT2D eigenvalue weighted by atomic mass is 9.63. The third kappa shape index (κ3) is 8.66. The zero-order valence-corrected chi connectivity index (χ0v) is 26.2. The van der Waals surface area contributed by atoms with Gasteiger partial charge in [0, 0.05) is 37.6 Å². The predicted octanol–water partition coefficient (Wildman–Crippen LogP) is 6.18. The first-order valence-electron chi connectivity index (χ1n) is 16.0. The number of aromatic nitrogens is 4. The summed E-state index contributed by atoms with van der Waals surface area (Å²) in [4.78, 5) is 40.7. The first-order chi connectivity index (χ1) is 21.9. The number of esters is 1. The Labute approximate surface area is 265 Å². The highest BCUT2D eigenvalue weighted by Gasteiger charge is 2.38. The molecule has 0 atom stereocenters. The first-order valence-corrected chi connectivity index (χ1v) is 16.0. The molecule has 8 heteroatoms. The quantitative estimate of drug-likeness (QED) is 0.150. The third-order valence-electron chi connectivity index (χ3n) is 9.17. The molecule has 8 nitrogen and oxygen atoms in total. The van der Waals surface area contributed by atoms with Crippen LogP contribution in [0.15, 0.2) is 85.5 Å². The molecule has 2 fully saturated rings. The van der Waals surface area contributed by atoms with E-state index in [0.29, 0.717) is 17.7 Å². The van der Waals surface area contributed by atoms with Crippen LogP contribution >= 0.6 is 0 Å². The molecule has 0 aliphatic heterocycles. The molecule has 2 N–H and O–H groups in total. The fraction of sp³-hybridized carbons (Fsp3) is 0.405. The summed E-state index contributed by atoms with van der Waals surface area (Å²) in [5, 5.41) is 0. The van der Waals surface area contributed by atoms with Gasteiger partial charge in [-0.3, -0.25) is 4.79 Å². The molecule has 0 amide bonds. The van der Waals surface area contributed by atoms with Crippen molar-refractivity contribution in [2.75, 3.05) is 13.2 Å². The lowest BCUT2D eigenvalue weighted by molar-refractivity contribution is 0.0525. The van der Waals surface area contributed by atoms with E-state index in [9.17, 15) is 9.59 Å². The predicted molar refractivity (Wildman–Crippen MR) is 174 cm³/mol. The van der Waals surface area contributed by atoms with Crippen LogP contribution in [-0.4, -0.2) is 44.8 Å². The van der Waals surface area contributed by atoms with Crippen LogP contribution in [0.3, 0.4) is 0 Å². The highest BCUT2D eigenvalue weighted by atomic mass is 16.5. The number of benzene rings is 2. The SMILES string of the molecule is CCOC(=O)c1cnc(CC2(Cc3ccccc3)CCC2)nc1.NCC(=O)c1cnc(CC2(Cc3ccccc3)CCC2)nc1. The van der Waals surface area contributed by atoms with Crippen LogP contribution in [0.5, 0.6) is 0 Å². The van der Waals surface area contributed by atoms with Crippen LogP contribution in [0.2, 0.25) is 0 Å². The van der Waals surface area contributed by atoms with Gasteiger partial charge < -0.3 is 10.5 Å². The Hall–Kier alpha value is -4.30. The zero-order valence-electron chi connectivity index (χ0n) is 26.2. The van der Waals surface area contributed by atoms with Gasteiger partial charge in [0.2, 0.25) is 0 Å². The molecule has 2 saturated carbocycles. The van der Waals surface area contributed by atoms with Crippen molar-refractivity contribution in [2.24, 2.45) is 16.6 Å². The van der Waals surface area contributed by atoms with Crippen LogP contribution in [0.1, 0.15) is 88.9 Å². The molecule has 0 unspecified atom stereocenters. The topological polar surface area (TPSA) is 121 Å². The van der Waals surface area contributed by atoms with Gasteiger partial charge in [-0.25, -0.2) is 24.7 Å². The van der Waals surface area contributed by atoms with Crippen molar-refractivity contribution < 1.29 is 14.3 Å². The molecule has 6 rings (SSSR count). The van der Waals surface area contributed by atoms with Gasteiger partial charge in [0.15, 0.2) is 5.78 Å². The van der Waals surface area contributed by atoms with E-state index in [0.717, 1.165) is 37.3 Å².